The summed E-state index contributed by atoms with van der Waals surface area (Å²) in [5, 5.41) is 0. The standard InChI is InChI=1S/C15H18N2O3/c1-4-17-6-5-16-15(17)10-14(18)11-7-12(19-2)9-13(8-11)20-3/h5-9H,4,10H2,1-3H3. The molecular weight excluding hydrogens is 256 g/mol. The van der Waals surface area contributed by atoms with Crippen LogP contribution >= 0.6 is 0 Å². The van der Waals surface area contributed by atoms with Crippen molar-refractivity contribution in [1.29, 1.82) is 0 Å². The van der Waals surface area contributed by atoms with E-state index in [4.69, 9.17) is 9.47 Å². The van der Waals surface area contributed by atoms with Crippen LogP contribution < -0.4 is 9.47 Å². The van der Waals surface area contributed by atoms with E-state index >= 15 is 0 Å². The maximum absolute atomic E-state index is 12.4. The molecule has 0 bridgehead atoms. The van der Waals surface area contributed by atoms with Gasteiger partial charge in [-0.05, 0) is 19.1 Å². The van der Waals surface area contributed by atoms with E-state index in [2.05, 4.69) is 4.98 Å². The van der Waals surface area contributed by atoms with Gasteiger partial charge in [0.1, 0.15) is 17.3 Å². The minimum Gasteiger partial charge on any atom is -0.497 e. The first-order valence-corrected chi connectivity index (χ1v) is 6.44. The number of carbonyl (C=O) groups excluding carboxylic acids is 1. The van der Waals surface area contributed by atoms with E-state index in [1.54, 1.807) is 38.6 Å². The number of Topliss-reactive ketones (excluding diaryl/α,β-unsaturated/α-hetero) is 1. The van der Waals surface area contributed by atoms with Crippen molar-refractivity contribution in [2.24, 2.45) is 0 Å². The highest BCUT2D eigenvalue weighted by atomic mass is 16.5. The van der Waals surface area contributed by atoms with Gasteiger partial charge < -0.3 is 14.0 Å². The van der Waals surface area contributed by atoms with Crippen molar-refractivity contribution in [2.45, 2.75) is 19.9 Å². The molecule has 20 heavy (non-hydrogen) atoms. The van der Waals surface area contributed by atoms with Gasteiger partial charge in [-0.3, -0.25) is 4.79 Å². The molecule has 1 aromatic heterocycles. The molecule has 0 unspecified atom stereocenters. The third-order valence-electron chi connectivity index (χ3n) is 3.13. The van der Waals surface area contributed by atoms with E-state index in [-0.39, 0.29) is 12.2 Å². The molecule has 0 aliphatic carbocycles. The van der Waals surface area contributed by atoms with Gasteiger partial charge >= 0.3 is 0 Å². The quantitative estimate of drug-likeness (QED) is 0.759. The second kappa shape index (κ2) is 6.23. The molecule has 0 spiro atoms. The summed E-state index contributed by atoms with van der Waals surface area (Å²) < 4.78 is 12.3. The maximum atomic E-state index is 12.4. The number of hydrogen-bond donors (Lipinski definition) is 0. The zero-order valence-electron chi connectivity index (χ0n) is 11.9. The zero-order valence-corrected chi connectivity index (χ0v) is 11.9. The number of imidazole rings is 1. The third-order valence-corrected chi connectivity index (χ3v) is 3.13. The van der Waals surface area contributed by atoms with Crippen LogP contribution in [0.15, 0.2) is 30.6 Å². The fourth-order valence-corrected chi connectivity index (χ4v) is 2.01. The predicted octanol–water partition coefficient (Wildman–Crippen LogP) is 2.35. The lowest BCUT2D eigenvalue weighted by atomic mass is 10.1. The first-order valence-electron chi connectivity index (χ1n) is 6.44. The Morgan fingerprint density at radius 2 is 1.85 bits per heavy atom. The summed E-state index contributed by atoms with van der Waals surface area (Å²) >= 11 is 0. The Kier molecular flexibility index (Phi) is 4.40. The molecule has 0 radical (unpaired) electrons. The summed E-state index contributed by atoms with van der Waals surface area (Å²) in [5.74, 6) is 1.96. The second-order valence-electron chi connectivity index (χ2n) is 4.33. The van der Waals surface area contributed by atoms with E-state index in [0.717, 1.165) is 12.4 Å². The fraction of sp³-hybridized carbons (Fsp3) is 0.333. The average Bonchev–Trinajstić information content (AvgIpc) is 2.93. The molecule has 2 aromatic rings. The van der Waals surface area contributed by atoms with Crippen LogP contribution in [0.1, 0.15) is 23.1 Å². The van der Waals surface area contributed by atoms with Crippen molar-refractivity contribution in [2.75, 3.05) is 14.2 Å². The van der Waals surface area contributed by atoms with E-state index < -0.39 is 0 Å². The SMILES string of the molecule is CCn1ccnc1CC(=O)c1cc(OC)cc(OC)c1. The monoisotopic (exact) mass is 274 g/mol. The number of benzene rings is 1. The number of carbonyl (C=O) groups is 1. The summed E-state index contributed by atoms with van der Waals surface area (Å²) in [5.41, 5.74) is 0.562. The largest absolute Gasteiger partial charge is 0.497 e. The molecule has 0 fully saturated rings. The van der Waals surface area contributed by atoms with Gasteiger partial charge in [0.05, 0.1) is 20.6 Å². The summed E-state index contributed by atoms with van der Waals surface area (Å²) in [6, 6.07) is 5.16. The van der Waals surface area contributed by atoms with Gasteiger partial charge in [-0.2, -0.15) is 0 Å². The van der Waals surface area contributed by atoms with E-state index in [0.29, 0.717) is 17.1 Å². The molecule has 1 heterocycles. The van der Waals surface area contributed by atoms with Gasteiger partial charge in [0.25, 0.3) is 0 Å². The van der Waals surface area contributed by atoms with E-state index in [1.807, 2.05) is 17.7 Å². The lowest BCUT2D eigenvalue weighted by molar-refractivity contribution is 0.0989. The van der Waals surface area contributed by atoms with Crippen LogP contribution in [0, 0.1) is 0 Å². The van der Waals surface area contributed by atoms with Gasteiger partial charge in [-0.25, -0.2) is 4.98 Å². The van der Waals surface area contributed by atoms with Gasteiger partial charge in [-0.1, -0.05) is 0 Å². The molecule has 106 valence electrons. The number of ether oxygens (including phenoxy) is 2. The Labute approximate surface area is 118 Å². The minimum atomic E-state index is -0.0110. The average molecular weight is 274 g/mol. The van der Waals surface area contributed by atoms with Gasteiger partial charge in [0.2, 0.25) is 0 Å². The Hall–Kier alpha value is -2.30. The Balaban J connectivity index is 2.24. The number of aryl methyl sites for hydroxylation is 1. The third kappa shape index (κ3) is 2.99. The van der Waals surface area contributed by atoms with Crippen LogP contribution in [0.4, 0.5) is 0 Å². The lowest BCUT2D eigenvalue weighted by Crippen LogP contribution is -2.10. The highest BCUT2D eigenvalue weighted by Crippen LogP contribution is 2.23. The van der Waals surface area contributed by atoms with Gasteiger partial charge in [0, 0.05) is 30.6 Å². The molecular formula is C15H18N2O3. The molecule has 0 N–H and O–H groups in total. The predicted molar refractivity (Wildman–Crippen MR) is 75.5 cm³/mol. The molecule has 5 heteroatoms. The van der Waals surface area contributed by atoms with Crippen molar-refractivity contribution in [3.05, 3.63) is 42.0 Å². The highest BCUT2D eigenvalue weighted by molar-refractivity contribution is 5.97. The maximum Gasteiger partial charge on any atom is 0.170 e. The molecule has 5 nitrogen and oxygen atoms in total. The van der Waals surface area contributed by atoms with E-state index in [9.17, 15) is 4.79 Å². The van der Waals surface area contributed by atoms with Crippen molar-refractivity contribution in [3.63, 3.8) is 0 Å². The van der Waals surface area contributed by atoms with Crippen LogP contribution in [-0.4, -0.2) is 29.6 Å². The molecule has 0 amide bonds. The number of aromatic nitrogens is 2. The number of nitrogens with zero attached hydrogens (tertiary/aromatic N) is 2. The Morgan fingerprint density at radius 3 is 2.40 bits per heavy atom. The summed E-state index contributed by atoms with van der Waals surface area (Å²) in [6.45, 7) is 2.81. The highest BCUT2D eigenvalue weighted by Gasteiger charge is 2.13. The molecule has 0 aliphatic heterocycles. The van der Waals surface area contributed by atoms with Gasteiger partial charge in [-0.15, -0.1) is 0 Å². The first kappa shape index (κ1) is 14.1. The van der Waals surface area contributed by atoms with Crippen LogP contribution in [0.25, 0.3) is 0 Å². The summed E-state index contributed by atoms with van der Waals surface area (Å²) in [4.78, 5) is 16.6. The Bertz CT molecular complexity index is 583. The topological polar surface area (TPSA) is 53.4 Å². The number of hydrogen-bond acceptors (Lipinski definition) is 4. The summed E-state index contributed by atoms with van der Waals surface area (Å²) in [7, 11) is 3.12. The van der Waals surface area contributed by atoms with E-state index in [1.165, 1.54) is 0 Å². The van der Waals surface area contributed by atoms with Crippen LogP contribution in [0.5, 0.6) is 11.5 Å². The minimum absolute atomic E-state index is 0.0110. The molecule has 0 atom stereocenters. The number of ketones is 1. The van der Waals surface area contributed by atoms with Crippen molar-refractivity contribution in [1.82, 2.24) is 9.55 Å². The van der Waals surface area contributed by atoms with Crippen LogP contribution in [-0.2, 0) is 13.0 Å². The zero-order chi connectivity index (χ0) is 14.5. The second-order valence-corrected chi connectivity index (χ2v) is 4.33. The molecule has 0 saturated heterocycles. The molecule has 1 aromatic carbocycles. The van der Waals surface area contributed by atoms with Crippen molar-refractivity contribution < 1.29 is 14.3 Å². The Morgan fingerprint density at radius 1 is 1.20 bits per heavy atom. The van der Waals surface area contributed by atoms with Gasteiger partial charge in [0.15, 0.2) is 5.78 Å². The van der Waals surface area contributed by atoms with Crippen molar-refractivity contribution >= 4 is 5.78 Å². The van der Waals surface area contributed by atoms with Crippen molar-refractivity contribution in [3.8, 4) is 11.5 Å². The molecule has 0 saturated carbocycles. The van der Waals surface area contributed by atoms with Crippen LogP contribution in [0.3, 0.4) is 0 Å². The number of methoxy groups -OCH3 is 2. The molecule has 0 aliphatic rings. The summed E-state index contributed by atoms with van der Waals surface area (Å²) in [6.07, 6.45) is 3.84. The lowest BCUT2D eigenvalue weighted by Gasteiger charge is -2.08. The smallest absolute Gasteiger partial charge is 0.170 e. The fourth-order valence-electron chi connectivity index (χ4n) is 2.01. The first-order chi connectivity index (χ1) is 9.67. The number of rotatable bonds is 6. The molecule has 2 rings (SSSR count). The normalized spacial score (nSPS) is 10.3. The van der Waals surface area contributed by atoms with Crippen LogP contribution in [0.2, 0.25) is 0 Å².